The maximum atomic E-state index is 13.4. The lowest BCUT2D eigenvalue weighted by molar-refractivity contribution is -0.136. The van der Waals surface area contributed by atoms with Crippen LogP contribution in [0.3, 0.4) is 0 Å². The number of pyridine rings is 1. The summed E-state index contributed by atoms with van der Waals surface area (Å²) in [6.07, 6.45) is -3.84. The van der Waals surface area contributed by atoms with E-state index in [0.717, 1.165) is 11.6 Å². The van der Waals surface area contributed by atoms with Crippen molar-refractivity contribution in [2.24, 2.45) is 0 Å². The van der Waals surface area contributed by atoms with Crippen LogP contribution < -0.4 is 5.32 Å². The molecule has 5 nitrogen and oxygen atoms in total. The normalized spacial score (nSPS) is 12.9. The number of hydrogen-bond acceptors (Lipinski definition) is 3. The molecule has 0 bridgehead atoms. The Bertz CT molecular complexity index is 996. The monoisotopic (exact) mass is 390 g/mol. The molecule has 148 valence electrons. The van der Waals surface area contributed by atoms with Gasteiger partial charge in [0.15, 0.2) is 5.65 Å². The third-order valence-corrected chi connectivity index (χ3v) is 4.55. The van der Waals surface area contributed by atoms with E-state index in [1.54, 1.807) is 0 Å². The van der Waals surface area contributed by atoms with Gasteiger partial charge >= 0.3 is 6.18 Å². The Kier molecular flexibility index (Phi) is 5.40. The molecule has 3 aromatic rings. The number of halogens is 3. The van der Waals surface area contributed by atoms with Crippen molar-refractivity contribution in [3.8, 4) is 0 Å². The van der Waals surface area contributed by atoms with Gasteiger partial charge in [-0.1, -0.05) is 37.3 Å². The second-order valence-electron chi connectivity index (χ2n) is 6.69. The second kappa shape index (κ2) is 7.61. The van der Waals surface area contributed by atoms with E-state index < -0.39 is 11.7 Å². The van der Waals surface area contributed by atoms with E-state index in [4.69, 9.17) is 0 Å². The van der Waals surface area contributed by atoms with E-state index >= 15 is 0 Å². The predicted molar refractivity (Wildman–Crippen MR) is 99.6 cm³/mol. The molecular formula is C20H21F3N4O. The maximum absolute atomic E-state index is 13.4. The first-order valence-corrected chi connectivity index (χ1v) is 8.97. The smallest absolute Gasteiger partial charge is 0.348 e. The summed E-state index contributed by atoms with van der Waals surface area (Å²) >= 11 is 0. The number of nitrogens with one attached hydrogen (secondary N) is 1. The van der Waals surface area contributed by atoms with Gasteiger partial charge in [0.05, 0.1) is 22.7 Å². The fourth-order valence-corrected chi connectivity index (χ4v) is 3.29. The van der Waals surface area contributed by atoms with Gasteiger partial charge in [0, 0.05) is 5.69 Å². The van der Waals surface area contributed by atoms with Gasteiger partial charge in [-0.3, -0.25) is 4.79 Å². The molecule has 0 radical (unpaired) electrons. The first-order chi connectivity index (χ1) is 13.2. The molecule has 3 rings (SSSR count). The van der Waals surface area contributed by atoms with Crippen LogP contribution in [-0.4, -0.2) is 20.7 Å². The minimum absolute atomic E-state index is 0.0627. The van der Waals surface area contributed by atoms with Crippen molar-refractivity contribution < 1.29 is 18.0 Å². The van der Waals surface area contributed by atoms with Crippen molar-refractivity contribution in [1.29, 1.82) is 0 Å². The molecule has 8 heteroatoms. The fraction of sp³-hybridized carbons (Fsp3) is 0.350. The second-order valence-corrected chi connectivity index (χ2v) is 6.69. The Morgan fingerprint density at radius 1 is 1.21 bits per heavy atom. The SMILES string of the molecule is CCC(NC(=O)Cn1nc(C)c2c(C(F)(F)F)cc(C)nc21)c1ccccc1. The minimum Gasteiger partial charge on any atom is -0.348 e. The van der Waals surface area contributed by atoms with Crippen molar-refractivity contribution in [2.45, 2.75) is 46.0 Å². The molecule has 0 spiro atoms. The first kappa shape index (κ1) is 19.9. The molecular weight excluding hydrogens is 369 g/mol. The third kappa shape index (κ3) is 4.00. The molecule has 0 saturated carbocycles. The molecule has 0 saturated heterocycles. The quantitative estimate of drug-likeness (QED) is 0.705. The van der Waals surface area contributed by atoms with Crippen LogP contribution in [0.5, 0.6) is 0 Å². The van der Waals surface area contributed by atoms with E-state index in [2.05, 4.69) is 15.4 Å². The molecule has 0 aliphatic carbocycles. The van der Waals surface area contributed by atoms with E-state index in [1.165, 1.54) is 18.5 Å². The minimum atomic E-state index is -4.52. The number of rotatable bonds is 5. The van der Waals surface area contributed by atoms with Gasteiger partial charge in [-0.25, -0.2) is 9.67 Å². The molecule has 0 aliphatic rings. The Balaban J connectivity index is 1.90. The van der Waals surface area contributed by atoms with Crippen LogP contribution in [0.4, 0.5) is 13.2 Å². The summed E-state index contributed by atoms with van der Waals surface area (Å²) in [6, 6.07) is 10.3. The van der Waals surface area contributed by atoms with Gasteiger partial charge in [0.1, 0.15) is 6.54 Å². The molecule has 2 aromatic heterocycles. The van der Waals surface area contributed by atoms with E-state index in [-0.39, 0.29) is 40.9 Å². The van der Waals surface area contributed by atoms with Crippen molar-refractivity contribution in [3.63, 3.8) is 0 Å². The summed E-state index contributed by atoms with van der Waals surface area (Å²) < 4.78 is 41.5. The van der Waals surface area contributed by atoms with Crippen molar-refractivity contribution >= 4 is 16.9 Å². The summed E-state index contributed by atoms with van der Waals surface area (Å²) in [4.78, 5) is 16.8. The van der Waals surface area contributed by atoms with Crippen LogP contribution >= 0.6 is 0 Å². The highest BCUT2D eigenvalue weighted by atomic mass is 19.4. The van der Waals surface area contributed by atoms with Crippen LogP contribution in [-0.2, 0) is 17.5 Å². The van der Waals surface area contributed by atoms with Crippen LogP contribution in [0.2, 0.25) is 0 Å². The van der Waals surface area contributed by atoms with Gasteiger partial charge in [0.25, 0.3) is 0 Å². The lowest BCUT2D eigenvalue weighted by atomic mass is 10.0. The standard InChI is InChI=1S/C20H21F3N4O/c1-4-16(14-8-6-5-7-9-14)25-17(28)11-27-19-18(13(3)26-27)15(20(21,22)23)10-12(2)24-19/h5-10,16H,4,11H2,1-3H3,(H,25,28). The Labute approximate surface area is 160 Å². The van der Waals surface area contributed by atoms with Crippen molar-refractivity contribution in [2.75, 3.05) is 0 Å². The number of aryl methyl sites for hydroxylation is 2. The summed E-state index contributed by atoms with van der Waals surface area (Å²) in [6.45, 7) is 4.72. The molecule has 0 aliphatic heterocycles. The number of aromatic nitrogens is 3. The molecule has 1 aromatic carbocycles. The average Bonchev–Trinajstić information content (AvgIpc) is 2.94. The molecule has 28 heavy (non-hydrogen) atoms. The highest BCUT2D eigenvalue weighted by molar-refractivity contribution is 5.85. The number of alkyl halides is 3. The van der Waals surface area contributed by atoms with Crippen molar-refractivity contribution in [3.05, 3.63) is 58.9 Å². The number of carbonyl (C=O) groups excluding carboxylic acids is 1. The number of nitrogens with zero attached hydrogens (tertiary/aromatic N) is 3. The molecule has 1 atom stereocenters. The van der Waals surface area contributed by atoms with Gasteiger partial charge in [-0.15, -0.1) is 0 Å². The number of amides is 1. The molecule has 1 N–H and O–H groups in total. The van der Waals surface area contributed by atoms with Gasteiger partial charge < -0.3 is 5.32 Å². The zero-order valence-corrected chi connectivity index (χ0v) is 15.8. The van der Waals surface area contributed by atoms with Crippen LogP contribution in [0.1, 0.15) is 41.9 Å². The van der Waals surface area contributed by atoms with Gasteiger partial charge in [-0.2, -0.15) is 18.3 Å². The van der Waals surface area contributed by atoms with Gasteiger partial charge in [-0.05, 0) is 31.9 Å². The van der Waals surface area contributed by atoms with E-state index in [9.17, 15) is 18.0 Å². The molecule has 2 heterocycles. The summed E-state index contributed by atoms with van der Waals surface area (Å²) in [7, 11) is 0. The fourth-order valence-electron chi connectivity index (χ4n) is 3.29. The van der Waals surface area contributed by atoms with Gasteiger partial charge in [0.2, 0.25) is 5.91 Å². The highest BCUT2D eigenvalue weighted by Gasteiger charge is 2.35. The summed E-state index contributed by atoms with van der Waals surface area (Å²) in [5.41, 5.74) is 0.658. The number of carbonyl (C=O) groups is 1. The lowest BCUT2D eigenvalue weighted by Crippen LogP contribution is -2.31. The van der Waals surface area contributed by atoms with Crippen LogP contribution in [0.15, 0.2) is 36.4 Å². The Morgan fingerprint density at radius 3 is 2.50 bits per heavy atom. The van der Waals surface area contributed by atoms with Crippen LogP contribution in [0, 0.1) is 13.8 Å². The topological polar surface area (TPSA) is 59.8 Å². The molecule has 1 unspecified atom stereocenters. The maximum Gasteiger partial charge on any atom is 0.417 e. The number of hydrogen-bond donors (Lipinski definition) is 1. The third-order valence-electron chi connectivity index (χ3n) is 4.55. The van der Waals surface area contributed by atoms with E-state index in [1.807, 2.05) is 37.3 Å². The largest absolute Gasteiger partial charge is 0.417 e. The number of benzene rings is 1. The average molecular weight is 390 g/mol. The lowest BCUT2D eigenvalue weighted by Gasteiger charge is -2.17. The van der Waals surface area contributed by atoms with Crippen LogP contribution in [0.25, 0.3) is 11.0 Å². The zero-order valence-electron chi connectivity index (χ0n) is 15.8. The first-order valence-electron chi connectivity index (χ1n) is 8.97. The van der Waals surface area contributed by atoms with Crippen molar-refractivity contribution in [1.82, 2.24) is 20.1 Å². The van der Waals surface area contributed by atoms with E-state index in [0.29, 0.717) is 6.42 Å². The summed E-state index contributed by atoms with van der Waals surface area (Å²) in [5, 5.41) is 6.99. The predicted octanol–water partition coefficient (Wildman–Crippen LogP) is 4.33. The molecule has 1 amide bonds. The summed E-state index contributed by atoms with van der Waals surface area (Å²) in [5.74, 6) is -0.336. The number of fused-ring (bicyclic) bond motifs is 1. The molecule has 0 fully saturated rings. The zero-order chi connectivity index (χ0) is 20.5. The Morgan fingerprint density at radius 2 is 1.89 bits per heavy atom. The highest BCUT2D eigenvalue weighted by Crippen LogP contribution is 2.36. The Hall–Kier alpha value is -2.90.